The summed E-state index contributed by atoms with van der Waals surface area (Å²) >= 11 is 0. The molecule has 0 amide bonds. The third kappa shape index (κ3) is 3.96. The van der Waals surface area contributed by atoms with Crippen molar-refractivity contribution in [2.45, 2.75) is 38.1 Å². The second kappa shape index (κ2) is 7.81. The van der Waals surface area contributed by atoms with Crippen LogP contribution in [-0.4, -0.2) is 18.5 Å². The second-order valence-electron chi connectivity index (χ2n) is 7.09. The van der Waals surface area contributed by atoms with Gasteiger partial charge in [-0.2, -0.15) is 0 Å². The molecule has 1 nitrogen and oxygen atoms in total. The summed E-state index contributed by atoms with van der Waals surface area (Å²) in [6.07, 6.45) is 9.59. The first-order valence-electron chi connectivity index (χ1n) is 9.23. The molecule has 1 saturated carbocycles. The van der Waals surface area contributed by atoms with E-state index in [1.54, 1.807) is 0 Å². The predicted octanol–water partition coefficient (Wildman–Crippen LogP) is 5.74. The van der Waals surface area contributed by atoms with Crippen molar-refractivity contribution >= 4 is 6.08 Å². The van der Waals surface area contributed by atoms with Crippen molar-refractivity contribution in [2.24, 2.45) is 5.92 Å². The van der Waals surface area contributed by atoms with Gasteiger partial charge in [0, 0.05) is 12.1 Å². The van der Waals surface area contributed by atoms with Crippen LogP contribution in [0.5, 0.6) is 0 Å². The van der Waals surface area contributed by atoms with E-state index in [2.05, 4.69) is 91.7 Å². The SMILES string of the molecule is CC[C@](C/C=C\c1ccccc1)(c1ccccc1)N(C)CC1CC1. The molecule has 1 aliphatic rings. The van der Waals surface area contributed by atoms with Crippen LogP contribution in [0.4, 0.5) is 0 Å². The molecule has 0 bridgehead atoms. The summed E-state index contributed by atoms with van der Waals surface area (Å²) in [6.45, 7) is 3.54. The van der Waals surface area contributed by atoms with Crippen LogP contribution in [0.3, 0.4) is 0 Å². The van der Waals surface area contributed by atoms with Gasteiger partial charge in [-0.15, -0.1) is 0 Å². The highest BCUT2D eigenvalue weighted by atomic mass is 15.2. The third-order valence-electron chi connectivity index (χ3n) is 5.42. The van der Waals surface area contributed by atoms with E-state index in [-0.39, 0.29) is 5.54 Å². The van der Waals surface area contributed by atoms with Gasteiger partial charge in [-0.3, -0.25) is 4.90 Å². The molecule has 0 heterocycles. The molecule has 24 heavy (non-hydrogen) atoms. The molecule has 0 saturated heterocycles. The van der Waals surface area contributed by atoms with E-state index in [1.807, 2.05) is 0 Å². The Morgan fingerprint density at radius 3 is 2.21 bits per heavy atom. The molecule has 0 spiro atoms. The van der Waals surface area contributed by atoms with Crippen molar-refractivity contribution in [3.63, 3.8) is 0 Å². The lowest BCUT2D eigenvalue weighted by molar-refractivity contribution is 0.108. The predicted molar refractivity (Wildman–Crippen MR) is 104 cm³/mol. The minimum atomic E-state index is 0.0924. The van der Waals surface area contributed by atoms with Crippen LogP contribution in [0.1, 0.15) is 43.7 Å². The maximum absolute atomic E-state index is 2.61. The summed E-state index contributed by atoms with van der Waals surface area (Å²) < 4.78 is 0. The molecule has 2 aromatic carbocycles. The standard InChI is InChI=1S/C23H29N/c1-3-23(22-14-8-5-9-15-22,24(2)19-21-16-17-21)18-10-13-20-11-6-4-7-12-20/h4-15,21H,3,16-19H2,1-2H3/b13-10-/t23-/m0/s1. The molecule has 0 aliphatic heterocycles. The van der Waals surface area contributed by atoms with Gasteiger partial charge in [-0.25, -0.2) is 0 Å². The molecule has 0 radical (unpaired) electrons. The molecule has 1 aliphatic carbocycles. The Bertz CT molecular complexity index is 642. The average molecular weight is 319 g/mol. The first kappa shape index (κ1) is 17.0. The fraction of sp³-hybridized carbons (Fsp3) is 0.391. The number of rotatable bonds is 8. The van der Waals surface area contributed by atoms with E-state index in [1.165, 1.54) is 30.5 Å². The number of hydrogen-bond donors (Lipinski definition) is 0. The van der Waals surface area contributed by atoms with Gasteiger partial charge in [-0.1, -0.05) is 79.7 Å². The maximum atomic E-state index is 2.61. The topological polar surface area (TPSA) is 3.24 Å². The van der Waals surface area contributed by atoms with E-state index in [9.17, 15) is 0 Å². The number of benzene rings is 2. The first-order valence-corrected chi connectivity index (χ1v) is 9.23. The Kier molecular flexibility index (Phi) is 5.52. The van der Waals surface area contributed by atoms with E-state index >= 15 is 0 Å². The fourth-order valence-corrected chi connectivity index (χ4v) is 3.68. The highest BCUT2D eigenvalue weighted by Crippen LogP contribution is 2.39. The molecule has 2 aromatic rings. The van der Waals surface area contributed by atoms with Gasteiger partial charge >= 0.3 is 0 Å². The summed E-state index contributed by atoms with van der Waals surface area (Å²) in [7, 11) is 2.31. The molecule has 0 N–H and O–H groups in total. The summed E-state index contributed by atoms with van der Waals surface area (Å²) in [4.78, 5) is 2.61. The fourth-order valence-electron chi connectivity index (χ4n) is 3.68. The Morgan fingerprint density at radius 2 is 1.62 bits per heavy atom. The van der Waals surface area contributed by atoms with E-state index < -0.39 is 0 Å². The van der Waals surface area contributed by atoms with Crippen LogP contribution in [0.2, 0.25) is 0 Å². The van der Waals surface area contributed by atoms with Crippen LogP contribution < -0.4 is 0 Å². The zero-order valence-corrected chi connectivity index (χ0v) is 15.0. The van der Waals surface area contributed by atoms with Gasteiger partial charge < -0.3 is 0 Å². The Morgan fingerprint density at radius 1 is 1.00 bits per heavy atom. The van der Waals surface area contributed by atoms with Gasteiger partial charge in [0.05, 0.1) is 0 Å². The number of hydrogen-bond acceptors (Lipinski definition) is 1. The monoisotopic (exact) mass is 319 g/mol. The summed E-state index contributed by atoms with van der Waals surface area (Å²) in [5.41, 5.74) is 2.81. The quantitative estimate of drug-likeness (QED) is 0.600. The number of nitrogens with zero attached hydrogens (tertiary/aromatic N) is 1. The van der Waals surface area contributed by atoms with Crippen LogP contribution >= 0.6 is 0 Å². The zero-order chi connectivity index (χ0) is 16.8. The van der Waals surface area contributed by atoms with E-state index in [0.29, 0.717) is 0 Å². The average Bonchev–Trinajstić information content (AvgIpc) is 3.44. The van der Waals surface area contributed by atoms with Gasteiger partial charge in [0.15, 0.2) is 0 Å². The molecule has 3 rings (SSSR count). The minimum absolute atomic E-state index is 0.0924. The Labute approximate surface area is 147 Å². The smallest absolute Gasteiger partial charge is 0.0489 e. The molecule has 126 valence electrons. The zero-order valence-electron chi connectivity index (χ0n) is 15.0. The van der Waals surface area contributed by atoms with Crippen molar-refractivity contribution in [1.82, 2.24) is 4.90 Å². The highest BCUT2D eigenvalue weighted by Gasteiger charge is 2.36. The van der Waals surface area contributed by atoms with Gasteiger partial charge in [0.1, 0.15) is 0 Å². The van der Waals surface area contributed by atoms with Crippen molar-refractivity contribution < 1.29 is 0 Å². The third-order valence-corrected chi connectivity index (χ3v) is 5.42. The normalized spacial score (nSPS) is 17.3. The largest absolute Gasteiger partial charge is 0.296 e. The Hall–Kier alpha value is -1.86. The lowest BCUT2D eigenvalue weighted by atomic mass is 9.82. The van der Waals surface area contributed by atoms with Crippen LogP contribution in [0, 0.1) is 5.92 Å². The molecule has 1 fully saturated rings. The van der Waals surface area contributed by atoms with Crippen LogP contribution in [0.15, 0.2) is 66.7 Å². The minimum Gasteiger partial charge on any atom is -0.296 e. The van der Waals surface area contributed by atoms with Crippen molar-refractivity contribution in [3.8, 4) is 0 Å². The van der Waals surface area contributed by atoms with E-state index in [4.69, 9.17) is 0 Å². The van der Waals surface area contributed by atoms with Crippen LogP contribution in [0.25, 0.3) is 6.08 Å². The molecular weight excluding hydrogens is 290 g/mol. The maximum Gasteiger partial charge on any atom is 0.0489 e. The molecule has 0 aromatic heterocycles. The first-order chi connectivity index (χ1) is 11.7. The summed E-state index contributed by atoms with van der Waals surface area (Å²) in [6, 6.07) is 21.7. The second-order valence-corrected chi connectivity index (χ2v) is 7.09. The Balaban J connectivity index is 1.84. The summed E-state index contributed by atoms with van der Waals surface area (Å²) in [5.74, 6) is 0.905. The summed E-state index contributed by atoms with van der Waals surface area (Å²) in [5, 5.41) is 0. The molecule has 0 unspecified atom stereocenters. The van der Waals surface area contributed by atoms with Gasteiger partial charge in [0.25, 0.3) is 0 Å². The van der Waals surface area contributed by atoms with Crippen molar-refractivity contribution in [2.75, 3.05) is 13.6 Å². The highest BCUT2D eigenvalue weighted by molar-refractivity contribution is 5.49. The molecule has 1 heteroatoms. The van der Waals surface area contributed by atoms with E-state index in [0.717, 1.165) is 18.8 Å². The van der Waals surface area contributed by atoms with Gasteiger partial charge in [-0.05, 0) is 49.8 Å². The molecular formula is C23H29N. The van der Waals surface area contributed by atoms with Gasteiger partial charge in [0.2, 0.25) is 0 Å². The lowest BCUT2D eigenvalue weighted by Gasteiger charge is -2.42. The van der Waals surface area contributed by atoms with Crippen molar-refractivity contribution in [1.29, 1.82) is 0 Å². The molecule has 1 atom stereocenters. The van der Waals surface area contributed by atoms with Crippen LogP contribution in [-0.2, 0) is 5.54 Å². The van der Waals surface area contributed by atoms with Crippen molar-refractivity contribution in [3.05, 3.63) is 77.9 Å². The lowest BCUT2D eigenvalue weighted by Crippen LogP contribution is -2.44.